The van der Waals surface area contributed by atoms with E-state index >= 15 is 0 Å². The van der Waals surface area contributed by atoms with Crippen molar-refractivity contribution in [3.05, 3.63) is 24.3 Å². The average Bonchev–Trinajstić information content (AvgIpc) is 2.62. The molecule has 2 rings (SSSR count). The zero-order valence-electron chi connectivity index (χ0n) is 14.7. The Kier molecular flexibility index (Phi) is 7.77. The topological polar surface area (TPSA) is 105 Å². The number of aliphatic carboxylic acids is 1. The van der Waals surface area contributed by atoms with E-state index in [1.165, 1.54) is 18.9 Å². The Bertz CT molecular complexity index is 644. The molecule has 1 aromatic rings. The van der Waals surface area contributed by atoms with Crippen LogP contribution in [0, 0.1) is 5.92 Å². The van der Waals surface area contributed by atoms with Gasteiger partial charge in [0.2, 0.25) is 0 Å². The lowest BCUT2D eigenvalue weighted by atomic mass is 9.86. The van der Waals surface area contributed by atoms with Crippen LogP contribution in [0.15, 0.2) is 29.2 Å². The number of carbonyl (C=O) groups is 3. The van der Waals surface area contributed by atoms with Gasteiger partial charge in [0.05, 0.1) is 19.4 Å². The molecular formula is C18H24N2O5S. The summed E-state index contributed by atoms with van der Waals surface area (Å²) >= 11 is 1.52. The maximum absolute atomic E-state index is 12.1. The van der Waals surface area contributed by atoms with Crippen molar-refractivity contribution in [1.29, 1.82) is 0 Å². The summed E-state index contributed by atoms with van der Waals surface area (Å²) < 4.78 is 4.61. The normalized spacial score (nSPS) is 19.4. The van der Waals surface area contributed by atoms with Gasteiger partial charge in [-0.3, -0.25) is 9.59 Å². The summed E-state index contributed by atoms with van der Waals surface area (Å²) in [5.74, 6) is -0.692. The summed E-state index contributed by atoms with van der Waals surface area (Å²) in [6.45, 7) is 0. The number of thioether (sulfide) groups is 1. The minimum atomic E-state index is -0.755. The highest BCUT2D eigenvalue weighted by atomic mass is 32.2. The van der Waals surface area contributed by atoms with E-state index in [-0.39, 0.29) is 24.0 Å². The minimum absolute atomic E-state index is 0.00298. The smallest absolute Gasteiger partial charge is 0.319 e. The van der Waals surface area contributed by atoms with Crippen molar-refractivity contribution < 1.29 is 24.2 Å². The third-order valence-corrected chi connectivity index (χ3v) is 5.30. The number of carboxylic acids is 1. The van der Waals surface area contributed by atoms with Crippen molar-refractivity contribution in [2.45, 2.75) is 43.0 Å². The molecule has 1 saturated carbocycles. The van der Waals surface area contributed by atoms with Crippen LogP contribution in [0.3, 0.4) is 0 Å². The van der Waals surface area contributed by atoms with Gasteiger partial charge in [0, 0.05) is 22.4 Å². The van der Waals surface area contributed by atoms with E-state index in [1.807, 2.05) is 18.2 Å². The fourth-order valence-electron chi connectivity index (χ4n) is 2.86. The van der Waals surface area contributed by atoms with Crippen molar-refractivity contribution in [3.63, 3.8) is 0 Å². The molecule has 142 valence electrons. The quantitative estimate of drug-likeness (QED) is 0.496. The number of carbonyl (C=O) groups excluding carboxylic acids is 2. The largest absolute Gasteiger partial charge is 0.481 e. The number of esters is 1. The molecule has 0 unspecified atom stereocenters. The number of methoxy groups -OCH3 is 1. The predicted molar refractivity (Wildman–Crippen MR) is 99.3 cm³/mol. The van der Waals surface area contributed by atoms with Crippen molar-refractivity contribution in [2.75, 3.05) is 18.2 Å². The standard InChI is InChI=1S/C18H24N2O5S/c1-25-16(21)9-10-26-15-4-2-3-14(11-15)20-18(24)19-13-7-5-12(6-8-13)17(22)23/h2-4,11-13H,5-10H2,1H3,(H,22,23)(H2,19,20,24). The zero-order chi connectivity index (χ0) is 18.9. The second-order valence-electron chi connectivity index (χ2n) is 6.19. The summed E-state index contributed by atoms with van der Waals surface area (Å²) in [5, 5.41) is 14.7. The van der Waals surface area contributed by atoms with Crippen LogP contribution in [0.5, 0.6) is 0 Å². The van der Waals surface area contributed by atoms with E-state index in [1.54, 1.807) is 6.07 Å². The van der Waals surface area contributed by atoms with Crippen LogP contribution in [-0.4, -0.2) is 42.0 Å². The third kappa shape index (κ3) is 6.59. The SMILES string of the molecule is COC(=O)CCSc1cccc(NC(=O)NC2CCC(C(=O)O)CC2)c1. The van der Waals surface area contributed by atoms with Crippen LogP contribution in [0.1, 0.15) is 32.1 Å². The summed E-state index contributed by atoms with van der Waals surface area (Å²) in [4.78, 5) is 35.2. The summed E-state index contributed by atoms with van der Waals surface area (Å²) in [6, 6.07) is 7.12. The lowest BCUT2D eigenvalue weighted by Crippen LogP contribution is -2.40. The second kappa shape index (κ2) is 10.1. The van der Waals surface area contributed by atoms with Gasteiger partial charge in [-0.25, -0.2) is 4.79 Å². The number of benzene rings is 1. The summed E-state index contributed by atoms with van der Waals surface area (Å²) in [6.07, 6.45) is 2.86. The average molecular weight is 380 g/mol. The van der Waals surface area contributed by atoms with Crippen LogP contribution < -0.4 is 10.6 Å². The van der Waals surface area contributed by atoms with Crippen molar-refractivity contribution in [1.82, 2.24) is 5.32 Å². The van der Waals surface area contributed by atoms with Crippen molar-refractivity contribution >= 4 is 35.4 Å². The van der Waals surface area contributed by atoms with Gasteiger partial charge in [-0.2, -0.15) is 0 Å². The van der Waals surface area contributed by atoms with Crippen LogP contribution >= 0.6 is 11.8 Å². The number of rotatable bonds is 7. The van der Waals surface area contributed by atoms with E-state index in [0.717, 1.165) is 4.90 Å². The first kappa shape index (κ1) is 20.1. The Balaban J connectivity index is 1.77. The molecule has 2 amide bonds. The van der Waals surface area contributed by atoms with Gasteiger partial charge in [0.25, 0.3) is 0 Å². The number of nitrogens with one attached hydrogen (secondary N) is 2. The van der Waals surface area contributed by atoms with Gasteiger partial charge >= 0.3 is 18.0 Å². The number of amides is 2. The van der Waals surface area contributed by atoms with Crippen LogP contribution in [0.25, 0.3) is 0 Å². The number of carboxylic acid groups (broad SMARTS) is 1. The molecule has 0 saturated heterocycles. The highest BCUT2D eigenvalue weighted by molar-refractivity contribution is 7.99. The number of hydrogen-bond donors (Lipinski definition) is 3. The predicted octanol–water partition coefficient (Wildman–Crippen LogP) is 3.11. The fourth-order valence-corrected chi connectivity index (χ4v) is 3.74. The number of ether oxygens (including phenoxy) is 1. The van der Waals surface area contributed by atoms with Crippen molar-refractivity contribution in [2.24, 2.45) is 5.92 Å². The Morgan fingerprint density at radius 3 is 2.62 bits per heavy atom. The first-order chi connectivity index (χ1) is 12.5. The molecule has 1 fully saturated rings. The van der Waals surface area contributed by atoms with E-state index < -0.39 is 5.97 Å². The molecule has 0 bridgehead atoms. The Morgan fingerprint density at radius 1 is 1.23 bits per heavy atom. The Hall–Kier alpha value is -2.22. The molecule has 7 nitrogen and oxygen atoms in total. The van der Waals surface area contributed by atoms with E-state index in [9.17, 15) is 14.4 Å². The lowest BCUT2D eigenvalue weighted by molar-refractivity contribution is -0.143. The van der Waals surface area contributed by atoms with Gasteiger partial charge < -0.3 is 20.5 Å². The summed E-state index contributed by atoms with van der Waals surface area (Å²) in [5.41, 5.74) is 0.671. The first-order valence-corrected chi connectivity index (χ1v) is 9.56. The fraction of sp³-hybridized carbons (Fsp3) is 0.500. The minimum Gasteiger partial charge on any atom is -0.481 e. The zero-order valence-corrected chi connectivity index (χ0v) is 15.5. The van der Waals surface area contributed by atoms with Gasteiger partial charge in [-0.15, -0.1) is 11.8 Å². The van der Waals surface area contributed by atoms with E-state index in [0.29, 0.717) is 43.5 Å². The van der Waals surface area contributed by atoms with Gasteiger partial charge in [-0.1, -0.05) is 6.07 Å². The number of urea groups is 1. The highest BCUT2D eigenvalue weighted by Gasteiger charge is 2.26. The molecule has 0 heterocycles. The van der Waals surface area contributed by atoms with Gasteiger partial charge in [0.15, 0.2) is 0 Å². The van der Waals surface area contributed by atoms with E-state index in [4.69, 9.17) is 5.11 Å². The first-order valence-electron chi connectivity index (χ1n) is 8.58. The molecule has 3 N–H and O–H groups in total. The molecule has 1 aromatic carbocycles. The van der Waals surface area contributed by atoms with Crippen molar-refractivity contribution in [3.8, 4) is 0 Å². The molecule has 1 aliphatic rings. The Morgan fingerprint density at radius 2 is 1.96 bits per heavy atom. The molecule has 0 radical (unpaired) electrons. The van der Waals surface area contributed by atoms with Gasteiger partial charge in [0.1, 0.15) is 0 Å². The van der Waals surface area contributed by atoms with Gasteiger partial charge in [-0.05, 0) is 43.9 Å². The molecule has 0 atom stereocenters. The molecule has 0 aliphatic heterocycles. The van der Waals surface area contributed by atoms with Crippen LogP contribution in [-0.2, 0) is 14.3 Å². The third-order valence-electron chi connectivity index (χ3n) is 4.31. The molecule has 0 aromatic heterocycles. The highest BCUT2D eigenvalue weighted by Crippen LogP contribution is 2.25. The van der Waals surface area contributed by atoms with Crippen LogP contribution in [0.4, 0.5) is 10.5 Å². The number of hydrogen-bond acceptors (Lipinski definition) is 5. The lowest BCUT2D eigenvalue weighted by Gasteiger charge is -2.26. The number of anilines is 1. The molecule has 1 aliphatic carbocycles. The monoisotopic (exact) mass is 380 g/mol. The molecule has 8 heteroatoms. The molecule has 26 heavy (non-hydrogen) atoms. The second-order valence-corrected chi connectivity index (χ2v) is 7.36. The molecular weight excluding hydrogens is 356 g/mol. The Labute approximate surface area is 156 Å². The van der Waals surface area contributed by atoms with E-state index in [2.05, 4.69) is 15.4 Å². The van der Waals surface area contributed by atoms with Crippen LogP contribution in [0.2, 0.25) is 0 Å². The molecule has 0 spiro atoms. The maximum atomic E-state index is 12.1. The summed E-state index contributed by atoms with van der Waals surface area (Å²) in [7, 11) is 1.37. The maximum Gasteiger partial charge on any atom is 0.319 e.